The Morgan fingerprint density at radius 3 is 2.21 bits per heavy atom. The zero-order valence-electron chi connectivity index (χ0n) is 16.2. The quantitative estimate of drug-likeness (QED) is 0.665. The van der Waals surface area contributed by atoms with Crippen molar-refractivity contribution in [2.24, 2.45) is 0 Å². The normalized spacial score (nSPS) is 9.83. The fourth-order valence-electron chi connectivity index (χ4n) is 2.90. The maximum Gasteiger partial charge on any atom is 0.252 e. The summed E-state index contributed by atoms with van der Waals surface area (Å²) >= 11 is 0. The van der Waals surface area contributed by atoms with Crippen LogP contribution in [-0.2, 0) is 11.2 Å². The molecule has 0 aliphatic carbocycles. The van der Waals surface area contributed by atoms with Gasteiger partial charge in [-0.1, -0.05) is 78.6 Å². The topological polar surface area (TPSA) is 58.2 Å². The fourth-order valence-corrected chi connectivity index (χ4v) is 2.90. The third-order valence-electron chi connectivity index (χ3n) is 4.42. The molecule has 144 valence electrons. The molecule has 0 unspecified atom stereocenters. The molecule has 0 aliphatic heterocycles. The van der Waals surface area contributed by atoms with Crippen LogP contribution in [0.15, 0.2) is 78.9 Å². The average Bonchev–Trinajstić information content (AvgIpc) is 2.77. The molecule has 2 amide bonds. The van der Waals surface area contributed by atoms with E-state index in [0.717, 1.165) is 16.7 Å². The monoisotopic (exact) mass is 382 g/mol. The highest BCUT2D eigenvalue weighted by Crippen LogP contribution is 2.19. The van der Waals surface area contributed by atoms with E-state index in [1.54, 1.807) is 25.2 Å². The second-order valence-electron chi connectivity index (χ2n) is 6.44. The Morgan fingerprint density at radius 1 is 0.828 bits per heavy atom. The largest absolute Gasteiger partial charge is 0.355 e. The van der Waals surface area contributed by atoms with Crippen molar-refractivity contribution in [3.05, 3.63) is 95.6 Å². The van der Waals surface area contributed by atoms with Gasteiger partial charge in [0.2, 0.25) is 5.91 Å². The first-order valence-electron chi connectivity index (χ1n) is 9.38. The minimum atomic E-state index is -0.183. The van der Waals surface area contributed by atoms with Gasteiger partial charge in [0.25, 0.3) is 5.91 Å². The van der Waals surface area contributed by atoms with Gasteiger partial charge in [0.1, 0.15) is 0 Å². The Hall–Kier alpha value is -3.84. The van der Waals surface area contributed by atoms with E-state index in [1.807, 2.05) is 48.5 Å². The van der Waals surface area contributed by atoms with E-state index >= 15 is 0 Å². The lowest BCUT2D eigenvalue weighted by molar-refractivity contribution is -0.120. The van der Waals surface area contributed by atoms with Gasteiger partial charge in [0.05, 0.1) is 18.5 Å². The van der Waals surface area contributed by atoms with Crippen LogP contribution < -0.4 is 10.6 Å². The third kappa shape index (κ3) is 5.57. The van der Waals surface area contributed by atoms with E-state index in [2.05, 4.69) is 34.6 Å². The highest BCUT2D eigenvalue weighted by molar-refractivity contribution is 5.96. The Labute approximate surface area is 171 Å². The Kier molecular flexibility index (Phi) is 6.80. The molecule has 0 aromatic heterocycles. The average molecular weight is 382 g/mol. The Bertz CT molecular complexity index is 1050. The second-order valence-corrected chi connectivity index (χ2v) is 6.44. The molecule has 0 fully saturated rings. The van der Waals surface area contributed by atoms with Crippen molar-refractivity contribution in [1.29, 1.82) is 0 Å². The van der Waals surface area contributed by atoms with E-state index in [4.69, 9.17) is 0 Å². The van der Waals surface area contributed by atoms with Gasteiger partial charge in [-0.05, 0) is 28.8 Å². The van der Waals surface area contributed by atoms with Crippen LogP contribution in [0.3, 0.4) is 0 Å². The lowest BCUT2D eigenvalue weighted by atomic mass is 10.0. The van der Waals surface area contributed by atoms with Crippen LogP contribution in [0.5, 0.6) is 0 Å². The van der Waals surface area contributed by atoms with Crippen molar-refractivity contribution < 1.29 is 9.59 Å². The number of rotatable bonds is 5. The maximum absolute atomic E-state index is 12.2. The molecular formula is C25H22N2O2. The van der Waals surface area contributed by atoms with Crippen molar-refractivity contribution in [3.63, 3.8) is 0 Å². The number of hydrogen-bond acceptors (Lipinski definition) is 2. The van der Waals surface area contributed by atoms with Crippen molar-refractivity contribution in [2.75, 3.05) is 13.6 Å². The molecule has 0 bridgehead atoms. The molecule has 3 aromatic rings. The summed E-state index contributed by atoms with van der Waals surface area (Å²) in [5.41, 5.74) is 4.37. The molecule has 3 aromatic carbocycles. The zero-order chi connectivity index (χ0) is 20.5. The highest BCUT2D eigenvalue weighted by atomic mass is 16.2. The molecule has 3 rings (SSSR count). The van der Waals surface area contributed by atoms with Gasteiger partial charge in [0.15, 0.2) is 0 Å². The molecule has 0 saturated heterocycles. The fraction of sp³-hybridized carbons (Fsp3) is 0.120. The highest BCUT2D eigenvalue weighted by Gasteiger charge is 2.07. The molecular weight excluding hydrogens is 360 g/mol. The van der Waals surface area contributed by atoms with Crippen LogP contribution in [0.25, 0.3) is 11.1 Å². The molecule has 0 saturated carbocycles. The van der Waals surface area contributed by atoms with Gasteiger partial charge in [0, 0.05) is 12.6 Å². The molecule has 0 heterocycles. The first-order chi connectivity index (χ1) is 14.2. The van der Waals surface area contributed by atoms with Gasteiger partial charge in [-0.2, -0.15) is 0 Å². The molecule has 0 atom stereocenters. The van der Waals surface area contributed by atoms with Crippen LogP contribution in [0.2, 0.25) is 0 Å². The Morgan fingerprint density at radius 2 is 1.48 bits per heavy atom. The molecule has 2 N–H and O–H groups in total. The molecule has 0 spiro atoms. The minimum absolute atomic E-state index is 0.0913. The van der Waals surface area contributed by atoms with Crippen molar-refractivity contribution in [1.82, 2.24) is 10.6 Å². The van der Waals surface area contributed by atoms with E-state index in [1.165, 1.54) is 0 Å². The van der Waals surface area contributed by atoms with E-state index < -0.39 is 0 Å². The van der Waals surface area contributed by atoms with Crippen LogP contribution in [-0.4, -0.2) is 25.4 Å². The van der Waals surface area contributed by atoms with Gasteiger partial charge < -0.3 is 10.6 Å². The summed E-state index contributed by atoms with van der Waals surface area (Å²) < 4.78 is 0. The SMILES string of the molecule is CNC(=O)c1ccccc1C#CCNC(=O)Cc1ccc(-c2ccccc2)cc1. The van der Waals surface area contributed by atoms with Gasteiger partial charge >= 0.3 is 0 Å². The predicted octanol–water partition coefficient (Wildman–Crippen LogP) is 3.42. The van der Waals surface area contributed by atoms with Crippen molar-refractivity contribution in [2.45, 2.75) is 6.42 Å². The van der Waals surface area contributed by atoms with Crippen molar-refractivity contribution in [3.8, 4) is 23.0 Å². The summed E-state index contributed by atoms with van der Waals surface area (Å²) in [6, 6.07) is 25.2. The first-order valence-corrected chi connectivity index (χ1v) is 9.38. The van der Waals surface area contributed by atoms with Crippen LogP contribution in [0.1, 0.15) is 21.5 Å². The molecule has 0 aliphatic rings. The van der Waals surface area contributed by atoms with E-state index in [0.29, 0.717) is 17.5 Å². The molecule has 29 heavy (non-hydrogen) atoms. The molecule has 4 nitrogen and oxygen atoms in total. The summed E-state index contributed by atoms with van der Waals surface area (Å²) in [5, 5.41) is 5.39. The number of amides is 2. The standard InChI is InChI=1S/C25H22N2O2/c1-26-25(29)23-12-6-5-10-22(23)11-7-17-27-24(28)18-19-13-15-21(16-14-19)20-8-3-2-4-9-20/h2-6,8-10,12-16H,17-18H2,1H3,(H,26,29)(H,27,28). The summed E-state index contributed by atoms with van der Waals surface area (Å²) in [6.45, 7) is 0.225. The molecule has 4 heteroatoms. The predicted molar refractivity (Wildman–Crippen MR) is 115 cm³/mol. The first kappa shape index (κ1) is 19.9. The van der Waals surface area contributed by atoms with Crippen LogP contribution >= 0.6 is 0 Å². The summed E-state index contributed by atoms with van der Waals surface area (Å²) in [5.74, 6) is 5.58. The number of nitrogens with one attached hydrogen (secondary N) is 2. The van der Waals surface area contributed by atoms with Crippen molar-refractivity contribution >= 4 is 11.8 Å². The zero-order valence-corrected chi connectivity index (χ0v) is 16.2. The third-order valence-corrected chi connectivity index (χ3v) is 4.42. The van der Waals surface area contributed by atoms with E-state index in [9.17, 15) is 9.59 Å². The second kappa shape index (κ2) is 9.91. The number of hydrogen-bond donors (Lipinski definition) is 2. The van der Waals surface area contributed by atoms with Crippen LogP contribution in [0.4, 0.5) is 0 Å². The Balaban J connectivity index is 1.54. The smallest absolute Gasteiger partial charge is 0.252 e. The number of carbonyl (C=O) groups is 2. The minimum Gasteiger partial charge on any atom is -0.355 e. The van der Waals surface area contributed by atoms with Gasteiger partial charge in [-0.3, -0.25) is 9.59 Å². The molecule has 0 radical (unpaired) electrons. The van der Waals surface area contributed by atoms with Gasteiger partial charge in [-0.15, -0.1) is 0 Å². The summed E-state index contributed by atoms with van der Waals surface area (Å²) in [4.78, 5) is 24.0. The van der Waals surface area contributed by atoms with E-state index in [-0.39, 0.29) is 18.4 Å². The lowest BCUT2D eigenvalue weighted by Crippen LogP contribution is -2.25. The number of carbonyl (C=O) groups excluding carboxylic acids is 2. The van der Waals surface area contributed by atoms with Crippen LogP contribution in [0, 0.1) is 11.8 Å². The number of benzene rings is 3. The maximum atomic E-state index is 12.2. The van der Waals surface area contributed by atoms with Gasteiger partial charge in [-0.25, -0.2) is 0 Å². The summed E-state index contributed by atoms with van der Waals surface area (Å²) in [7, 11) is 1.58. The lowest BCUT2D eigenvalue weighted by Gasteiger charge is -2.05. The summed E-state index contributed by atoms with van der Waals surface area (Å²) in [6.07, 6.45) is 0.297.